The Bertz CT molecular complexity index is 278. The molecule has 2 rings (SSSR count). The molecule has 1 aliphatic rings. The molecule has 0 bridgehead atoms. The fraction of sp³-hybridized carbons (Fsp3) is 0.455. The first-order valence-electron chi connectivity index (χ1n) is 4.90. The third-order valence-corrected chi connectivity index (χ3v) is 3.67. The lowest BCUT2D eigenvalue weighted by Crippen LogP contribution is -2.42. The highest BCUT2D eigenvalue weighted by molar-refractivity contribution is 7.99. The molecule has 0 saturated carbocycles. The predicted octanol–water partition coefficient (Wildman–Crippen LogP) is 1.43. The van der Waals surface area contributed by atoms with Crippen molar-refractivity contribution < 1.29 is 5.11 Å². The Kier molecular flexibility index (Phi) is 3.45. The van der Waals surface area contributed by atoms with E-state index in [1.165, 1.54) is 5.56 Å². The zero-order valence-corrected chi connectivity index (χ0v) is 8.83. The molecule has 0 spiro atoms. The Morgan fingerprint density at radius 3 is 2.79 bits per heavy atom. The molecule has 3 heteroatoms. The Labute approximate surface area is 88.7 Å². The van der Waals surface area contributed by atoms with Crippen molar-refractivity contribution in [2.75, 3.05) is 18.1 Å². The van der Waals surface area contributed by atoms with Gasteiger partial charge in [0, 0.05) is 23.6 Å². The second kappa shape index (κ2) is 4.82. The maximum absolute atomic E-state index is 9.08. The topological polar surface area (TPSA) is 32.3 Å². The van der Waals surface area contributed by atoms with E-state index in [4.69, 9.17) is 5.11 Å². The minimum atomic E-state index is 0.232. The van der Waals surface area contributed by atoms with E-state index in [9.17, 15) is 0 Å². The third kappa shape index (κ3) is 2.29. The molecular weight excluding hydrogens is 194 g/mol. The molecule has 2 N–H and O–H groups in total. The monoisotopic (exact) mass is 209 g/mol. The van der Waals surface area contributed by atoms with Crippen molar-refractivity contribution in [3.05, 3.63) is 35.9 Å². The van der Waals surface area contributed by atoms with Crippen LogP contribution in [0.1, 0.15) is 11.6 Å². The zero-order chi connectivity index (χ0) is 9.80. The largest absolute Gasteiger partial charge is 0.395 e. The number of nitrogens with one attached hydrogen (secondary N) is 1. The average Bonchev–Trinajstić information content (AvgIpc) is 2.30. The van der Waals surface area contributed by atoms with Gasteiger partial charge in [-0.05, 0) is 5.56 Å². The van der Waals surface area contributed by atoms with Gasteiger partial charge in [0.05, 0.1) is 6.61 Å². The van der Waals surface area contributed by atoms with Crippen molar-refractivity contribution in [2.45, 2.75) is 12.1 Å². The molecule has 0 radical (unpaired) electrons. The van der Waals surface area contributed by atoms with Gasteiger partial charge in [-0.15, -0.1) is 0 Å². The summed E-state index contributed by atoms with van der Waals surface area (Å²) in [4.78, 5) is 0. The van der Waals surface area contributed by atoms with Crippen molar-refractivity contribution in [3.8, 4) is 0 Å². The number of thioether (sulfide) groups is 1. The Morgan fingerprint density at radius 1 is 1.29 bits per heavy atom. The van der Waals surface area contributed by atoms with Crippen LogP contribution in [0.4, 0.5) is 0 Å². The first-order chi connectivity index (χ1) is 6.90. The van der Waals surface area contributed by atoms with Crippen LogP contribution < -0.4 is 5.32 Å². The number of aliphatic hydroxyl groups is 1. The molecule has 0 aromatic heterocycles. The van der Waals surface area contributed by atoms with Gasteiger partial charge >= 0.3 is 0 Å². The molecule has 1 saturated heterocycles. The number of benzene rings is 1. The molecule has 0 aliphatic carbocycles. The summed E-state index contributed by atoms with van der Waals surface area (Å²) in [7, 11) is 0. The van der Waals surface area contributed by atoms with Crippen molar-refractivity contribution in [1.29, 1.82) is 0 Å². The van der Waals surface area contributed by atoms with Crippen LogP contribution in [-0.4, -0.2) is 29.3 Å². The lowest BCUT2D eigenvalue weighted by molar-refractivity contribution is 0.243. The SMILES string of the molecule is OC[C@@H]1CSC[C@@H](c2ccccc2)N1. The number of hydrogen-bond donors (Lipinski definition) is 2. The van der Waals surface area contributed by atoms with Gasteiger partial charge in [-0.2, -0.15) is 11.8 Å². The van der Waals surface area contributed by atoms with Crippen LogP contribution >= 0.6 is 11.8 Å². The van der Waals surface area contributed by atoms with Crippen LogP contribution in [0.3, 0.4) is 0 Å². The van der Waals surface area contributed by atoms with Crippen LogP contribution in [-0.2, 0) is 0 Å². The van der Waals surface area contributed by atoms with Gasteiger partial charge in [-0.25, -0.2) is 0 Å². The summed E-state index contributed by atoms with van der Waals surface area (Å²) >= 11 is 1.91. The number of rotatable bonds is 2. The van der Waals surface area contributed by atoms with Crippen LogP contribution in [0.25, 0.3) is 0 Å². The lowest BCUT2D eigenvalue weighted by atomic mass is 10.1. The van der Waals surface area contributed by atoms with Crippen molar-refractivity contribution in [2.24, 2.45) is 0 Å². The molecule has 1 aromatic carbocycles. The summed E-state index contributed by atoms with van der Waals surface area (Å²) < 4.78 is 0. The molecule has 14 heavy (non-hydrogen) atoms. The van der Waals surface area contributed by atoms with E-state index in [2.05, 4.69) is 29.6 Å². The molecule has 0 amide bonds. The van der Waals surface area contributed by atoms with Gasteiger partial charge in [0.15, 0.2) is 0 Å². The Balaban J connectivity index is 2.04. The van der Waals surface area contributed by atoms with E-state index in [1.54, 1.807) is 0 Å². The summed E-state index contributed by atoms with van der Waals surface area (Å²) in [6, 6.07) is 11.1. The van der Waals surface area contributed by atoms with E-state index >= 15 is 0 Å². The van der Waals surface area contributed by atoms with Gasteiger partial charge in [0.1, 0.15) is 0 Å². The minimum Gasteiger partial charge on any atom is -0.395 e. The molecule has 0 unspecified atom stereocenters. The lowest BCUT2D eigenvalue weighted by Gasteiger charge is -2.29. The van der Waals surface area contributed by atoms with Crippen LogP contribution in [0.2, 0.25) is 0 Å². The Morgan fingerprint density at radius 2 is 2.07 bits per heavy atom. The average molecular weight is 209 g/mol. The molecule has 1 aliphatic heterocycles. The smallest absolute Gasteiger partial charge is 0.0592 e. The molecule has 2 nitrogen and oxygen atoms in total. The quantitative estimate of drug-likeness (QED) is 0.773. The summed E-state index contributed by atoms with van der Waals surface area (Å²) in [5.41, 5.74) is 1.32. The Hall–Kier alpha value is -0.510. The van der Waals surface area contributed by atoms with Crippen LogP contribution in [0.15, 0.2) is 30.3 Å². The minimum absolute atomic E-state index is 0.232. The van der Waals surface area contributed by atoms with Crippen LogP contribution in [0.5, 0.6) is 0 Å². The molecule has 1 fully saturated rings. The standard InChI is InChI=1S/C11H15NOS/c13-6-10-7-14-8-11(12-10)9-4-2-1-3-5-9/h1-5,10-13H,6-8H2/t10-,11+/m1/s1. The zero-order valence-electron chi connectivity index (χ0n) is 8.02. The summed E-state index contributed by atoms with van der Waals surface area (Å²) in [5, 5.41) is 12.5. The summed E-state index contributed by atoms with van der Waals surface area (Å²) in [6.07, 6.45) is 0. The molecule has 1 aromatic rings. The van der Waals surface area contributed by atoms with Crippen molar-refractivity contribution >= 4 is 11.8 Å². The van der Waals surface area contributed by atoms with E-state index < -0.39 is 0 Å². The van der Waals surface area contributed by atoms with E-state index in [-0.39, 0.29) is 12.6 Å². The molecule has 1 heterocycles. The predicted molar refractivity (Wildman–Crippen MR) is 60.5 cm³/mol. The summed E-state index contributed by atoms with van der Waals surface area (Å²) in [5.74, 6) is 2.11. The maximum Gasteiger partial charge on any atom is 0.0592 e. The number of hydrogen-bond acceptors (Lipinski definition) is 3. The van der Waals surface area contributed by atoms with E-state index in [0.29, 0.717) is 6.04 Å². The normalized spacial score (nSPS) is 27.5. The fourth-order valence-corrected chi connectivity index (χ4v) is 2.84. The third-order valence-electron chi connectivity index (χ3n) is 2.46. The van der Waals surface area contributed by atoms with Gasteiger partial charge < -0.3 is 10.4 Å². The first kappa shape index (κ1) is 10.0. The first-order valence-corrected chi connectivity index (χ1v) is 6.05. The van der Waals surface area contributed by atoms with Crippen LogP contribution in [0, 0.1) is 0 Å². The highest BCUT2D eigenvalue weighted by Gasteiger charge is 2.21. The highest BCUT2D eigenvalue weighted by atomic mass is 32.2. The van der Waals surface area contributed by atoms with Crippen molar-refractivity contribution in [3.63, 3.8) is 0 Å². The second-order valence-corrected chi connectivity index (χ2v) is 4.62. The van der Waals surface area contributed by atoms with Gasteiger partial charge in [0.2, 0.25) is 0 Å². The maximum atomic E-state index is 9.08. The fourth-order valence-electron chi connectivity index (χ4n) is 1.69. The molecule has 2 atom stereocenters. The number of aliphatic hydroxyl groups excluding tert-OH is 1. The van der Waals surface area contributed by atoms with Crippen molar-refractivity contribution in [1.82, 2.24) is 5.32 Å². The highest BCUT2D eigenvalue weighted by Crippen LogP contribution is 2.23. The molecule has 76 valence electrons. The summed E-state index contributed by atoms with van der Waals surface area (Å²) in [6.45, 7) is 0.232. The van der Waals surface area contributed by atoms with Gasteiger partial charge in [0.25, 0.3) is 0 Å². The molecular formula is C11H15NOS. The van der Waals surface area contributed by atoms with E-state index in [1.807, 2.05) is 17.8 Å². The van der Waals surface area contributed by atoms with E-state index in [0.717, 1.165) is 11.5 Å². The van der Waals surface area contributed by atoms with Gasteiger partial charge in [-0.3, -0.25) is 0 Å². The van der Waals surface area contributed by atoms with Gasteiger partial charge in [-0.1, -0.05) is 30.3 Å². The second-order valence-electron chi connectivity index (χ2n) is 3.55.